The molecule has 2 nitrogen and oxygen atoms in total. The molecule has 0 aliphatic carbocycles. The smallest absolute Gasteiger partial charge is 0.0500 e. The van der Waals surface area contributed by atoms with Crippen molar-refractivity contribution in [3.63, 3.8) is 0 Å². The Hall–Kier alpha value is -1.64. The molecule has 0 spiro atoms. The second-order valence-electron chi connectivity index (χ2n) is 5.44. The maximum atomic E-state index is 5.74. The van der Waals surface area contributed by atoms with E-state index in [0.29, 0.717) is 0 Å². The number of hydrogen-bond donors (Lipinski definition) is 2. The number of hydrazine groups is 1. The Balaban J connectivity index is 2.16. The second kappa shape index (κ2) is 6.69. The highest BCUT2D eigenvalue weighted by molar-refractivity contribution is 5.32. The molecular weight excluding hydrogens is 244 g/mol. The number of hydrogen-bond acceptors (Lipinski definition) is 2. The van der Waals surface area contributed by atoms with Crippen LogP contribution in [0.4, 0.5) is 0 Å². The normalized spacial score (nSPS) is 12.4. The molecule has 3 N–H and O–H groups in total. The van der Waals surface area contributed by atoms with Gasteiger partial charge >= 0.3 is 0 Å². The van der Waals surface area contributed by atoms with Crippen LogP contribution in [0.25, 0.3) is 0 Å². The van der Waals surface area contributed by atoms with Crippen molar-refractivity contribution in [2.45, 2.75) is 39.7 Å². The van der Waals surface area contributed by atoms with E-state index in [2.05, 4.69) is 68.7 Å². The largest absolute Gasteiger partial charge is 0.271 e. The Morgan fingerprint density at radius 3 is 2.15 bits per heavy atom. The molecule has 0 heterocycles. The van der Waals surface area contributed by atoms with Crippen molar-refractivity contribution in [1.82, 2.24) is 5.43 Å². The Labute approximate surface area is 122 Å². The van der Waals surface area contributed by atoms with Crippen molar-refractivity contribution in [3.8, 4) is 0 Å². The van der Waals surface area contributed by atoms with Gasteiger partial charge in [0.2, 0.25) is 0 Å². The first-order chi connectivity index (χ1) is 9.63. The molecule has 2 heteroatoms. The third-order valence-electron chi connectivity index (χ3n) is 4.00. The molecule has 0 aliphatic rings. The Bertz CT molecular complexity index is 558. The number of rotatable bonds is 5. The molecule has 1 atom stereocenters. The fourth-order valence-electron chi connectivity index (χ4n) is 2.42. The quantitative estimate of drug-likeness (QED) is 0.642. The molecule has 0 aromatic heterocycles. The third-order valence-corrected chi connectivity index (χ3v) is 4.00. The van der Waals surface area contributed by atoms with Crippen molar-refractivity contribution >= 4 is 0 Å². The van der Waals surface area contributed by atoms with Gasteiger partial charge in [-0.05, 0) is 54.5 Å². The molecule has 0 bridgehead atoms. The van der Waals surface area contributed by atoms with E-state index < -0.39 is 0 Å². The number of nitrogens with one attached hydrogen (secondary N) is 1. The number of benzene rings is 2. The first-order valence-corrected chi connectivity index (χ1v) is 7.25. The summed E-state index contributed by atoms with van der Waals surface area (Å²) in [6.45, 7) is 6.46. The zero-order chi connectivity index (χ0) is 14.5. The molecule has 0 saturated heterocycles. The molecule has 0 saturated carbocycles. The first kappa shape index (κ1) is 14.8. The summed E-state index contributed by atoms with van der Waals surface area (Å²) in [6.07, 6.45) is 1.97. The highest BCUT2D eigenvalue weighted by Gasteiger charge is 2.11. The summed E-state index contributed by atoms with van der Waals surface area (Å²) < 4.78 is 0. The summed E-state index contributed by atoms with van der Waals surface area (Å²) in [6, 6.07) is 15.5. The van der Waals surface area contributed by atoms with Crippen molar-refractivity contribution in [2.24, 2.45) is 5.84 Å². The predicted octanol–water partition coefficient (Wildman–Crippen LogP) is 3.61. The minimum Gasteiger partial charge on any atom is -0.271 e. The van der Waals surface area contributed by atoms with Gasteiger partial charge in [-0.1, -0.05) is 49.4 Å². The molecule has 0 amide bonds. The van der Waals surface area contributed by atoms with Crippen LogP contribution in [0, 0.1) is 13.8 Å². The van der Waals surface area contributed by atoms with E-state index in [1.165, 1.54) is 27.8 Å². The van der Waals surface area contributed by atoms with Crippen LogP contribution in [-0.4, -0.2) is 0 Å². The van der Waals surface area contributed by atoms with Gasteiger partial charge in [-0.3, -0.25) is 11.3 Å². The van der Waals surface area contributed by atoms with Gasteiger partial charge in [0.25, 0.3) is 0 Å². The minimum absolute atomic E-state index is 0.156. The first-order valence-electron chi connectivity index (χ1n) is 7.25. The molecule has 2 rings (SSSR count). The monoisotopic (exact) mass is 268 g/mol. The molecule has 2 aromatic rings. The zero-order valence-corrected chi connectivity index (χ0v) is 12.6. The molecule has 0 fully saturated rings. The van der Waals surface area contributed by atoms with Gasteiger partial charge in [-0.15, -0.1) is 0 Å². The standard InChI is InChI=1S/C18H24N2/c1-4-15-7-9-17(10-8-15)18(20-19)12-16-6-5-13(2)14(3)11-16/h5-11,18,20H,4,12,19H2,1-3H3. The van der Waals surface area contributed by atoms with Crippen LogP contribution in [0.1, 0.15) is 40.8 Å². The second-order valence-corrected chi connectivity index (χ2v) is 5.44. The van der Waals surface area contributed by atoms with E-state index in [1.807, 2.05) is 0 Å². The van der Waals surface area contributed by atoms with E-state index in [1.54, 1.807) is 0 Å². The van der Waals surface area contributed by atoms with E-state index in [9.17, 15) is 0 Å². The maximum absolute atomic E-state index is 5.74. The van der Waals surface area contributed by atoms with Gasteiger partial charge in [0.05, 0.1) is 0 Å². The van der Waals surface area contributed by atoms with Crippen LogP contribution < -0.4 is 11.3 Å². The predicted molar refractivity (Wildman–Crippen MR) is 85.5 cm³/mol. The van der Waals surface area contributed by atoms with Crippen LogP contribution in [0.5, 0.6) is 0 Å². The lowest BCUT2D eigenvalue weighted by molar-refractivity contribution is 0.551. The molecule has 1 unspecified atom stereocenters. The van der Waals surface area contributed by atoms with Crippen molar-refractivity contribution in [3.05, 3.63) is 70.3 Å². The van der Waals surface area contributed by atoms with Crippen molar-refractivity contribution < 1.29 is 0 Å². The van der Waals surface area contributed by atoms with Gasteiger partial charge in [0.1, 0.15) is 0 Å². The van der Waals surface area contributed by atoms with E-state index in [-0.39, 0.29) is 6.04 Å². The van der Waals surface area contributed by atoms with Gasteiger partial charge in [0.15, 0.2) is 0 Å². The lowest BCUT2D eigenvalue weighted by Crippen LogP contribution is -2.29. The van der Waals surface area contributed by atoms with Crippen LogP contribution in [0.15, 0.2) is 42.5 Å². The highest BCUT2D eigenvalue weighted by atomic mass is 15.2. The number of nitrogens with two attached hydrogens (primary N) is 1. The fraction of sp³-hybridized carbons (Fsp3) is 0.333. The summed E-state index contributed by atoms with van der Waals surface area (Å²) in [5, 5.41) is 0. The van der Waals surface area contributed by atoms with Crippen molar-refractivity contribution in [2.75, 3.05) is 0 Å². The topological polar surface area (TPSA) is 38.0 Å². The summed E-state index contributed by atoms with van der Waals surface area (Å²) in [5.74, 6) is 5.74. The summed E-state index contributed by atoms with van der Waals surface area (Å²) >= 11 is 0. The van der Waals surface area contributed by atoms with Crippen LogP contribution >= 0.6 is 0 Å². The molecule has 0 aliphatic heterocycles. The lowest BCUT2D eigenvalue weighted by Gasteiger charge is -2.17. The summed E-state index contributed by atoms with van der Waals surface area (Å²) in [4.78, 5) is 0. The Morgan fingerprint density at radius 1 is 0.950 bits per heavy atom. The molecule has 20 heavy (non-hydrogen) atoms. The van der Waals surface area contributed by atoms with Gasteiger partial charge in [-0.2, -0.15) is 0 Å². The number of aryl methyl sites for hydroxylation is 3. The average molecular weight is 268 g/mol. The Kier molecular flexibility index (Phi) is 4.94. The van der Waals surface area contributed by atoms with Gasteiger partial charge in [0, 0.05) is 6.04 Å². The van der Waals surface area contributed by atoms with Crippen LogP contribution in [0.2, 0.25) is 0 Å². The zero-order valence-electron chi connectivity index (χ0n) is 12.6. The van der Waals surface area contributed by atoms with Crippen molar-refractivity contribution in [1.29, 1.82) is 0 Å². The average Bonchev–Trinajstić information content (AvgIpc) is 2.48. The SMILES string of the molecule is CCc1ccc(C(Cc2ccc(C)c(C)c2)NN)cc1. The summed E-state index contributed by atoms with van der Waals surface area (Å²) in [7, 11) is 0. The maximum Gasteiger partial charge on any atom is 0.0500 e. The van der Waals surface area contributed by atoms with E-state index in [0.717, 1.165) is 12.8 Å². The van der Waals surface area contributed by atoms with Crippen LogP contribution in [0.3, 0.4) is 0 Å². The Morgan fingerprint density at radius 2 is 1.60 bits per heavy atom. The third kappa shape index (κ3) is 3.47. The molecular formula is C18H24N2. The van der Waals surface area contributed by atoms with Crippen LogP contribution in [-0.2, 0) is 12.8 Å². The summed E-state index contributed by atoms with van der Waals surface area (Å²) in [5.41, 5.74) is 9.51. The fourth-order valence-corrected chi connectivity index (χ4v) is 2.42. The van der Waals surface area contributed by atoms with E-state index in [4.69, 9.17) is 5.84 Å². The molecule has 0 radical (unpaired) electrons. The molecule has 2 aromatic carbocycles. The highest BCUT2D eigenvalue weighted by Crippen LogP contribution is 2.20. The van der Waals surface area contributed by atoms with Gasteiger partial charge in [-0.25, -0.2) is 0 Å². The van der Waals surface area contributed by atoms with Gasteiger partial charge < -0.3 is 0 Å². The van der Waals surface area contributed by atoms with E-state index >= 15 is 0 Å². The minimum atomic E-state index is 0.156. The molecule has 106 valence electrons. The lowest BCUT2D eigenvalue weighted by atomic mass is 9.96.